The Kier molecular flexibility index (Phi) is 8.94. The average Bonchev–Trinajstić information content (AvgIpc) is 3.59. The summed E-state index contributed by atoms with van der Waals surface area (Å²) in [5, 5.41) is 13.9. The van der Waals surface area contributed by atoms with Crippen molar-refractivity contribution in [3.63, 3.8) is 0 Å². The van der Waals surface area contributed by atoms with Crippen LogP contribution >= 0.6 is 23.2 Å². The monoisotopic (exact) mass is 824 g/mol. The summed E-state index contributed by atoms with van der Waals surface area (Å²) in [6.45, 7) is 2.00. The number of rotatable bonds is 6. The number of pyridine rings is 1. The third-order valence-electron chi connectivity index (χ3n) is 12.4. The maximum absolute atomic E-state index is 15.6. The molecular formula is C44H33Cl2F3N4O5. The summed E-state index contributed by atoms with van der Waals surface area (Å²) in [4.78, 5) is 64.5. The van der Waals surface area contributed by atoms with E-state index >= 15 is 9.59 Å². The molecule has 4 aliphatic rings. The van der Waals surface area contributed by atoms with Crippen molar-refractivity contribution < 1.29 is 37.5 Å². The number of aryl methyl sites for hydroxylation is 1. The molecule has 14 heteroatoms. The van der Waals surface area contributed by atoms with E-state index < -0.39 is 69.5 Å². The van der Waals surface area contributed by atoms with E-state index in [9.17, 15) is 27.9 Å². The number of aromatic hydroxyl groups is 1. The maximum atomic E-state index is 15.6. The van der Waals surface area contributed by atoms with Crippen LogP contribution in [0.25, 0.3) is 10.8 Å². The topological polar surface area (TPSA) is 120 Å². The summed E-state index contributed by atoms with van der Waals surface area (Å²) in [5.74, 6) is -7.60. The Balaban J connectivity index is 1.26. The van der Waals surface area contributed by atoms with Crippen molar-refractivity contribution >= 4 is 69.1 Å². The second-order valence-corrected chi connectivity index (χ2v) is 16.0. The van der Waals surface area contributed by atoms with Gasteiger partial charge in [0.25, 0.3) is 11.8 Å². The number of amides is 4. The minimum atomic E-state index is -4.76. The van der Waals surface area contributed by atoms with E-state index in [-0.39, 0.29) is 30.3 Å². The van der Waals surface area contributed by atoms with Crippen LogP contribution in [0.15, 0.2) is 109 Å². The summed E-state index contributed by atoms with van der Waals surface area (Å²) in [5.41, 5.74) is 2.48. The van der Waals surface area contributed by atoms with Gasteiger partial charge in [0.2, 0.25) is 11.8 Å². The largest absolute Gasteiger partial charge is 0.508 e. The van der Waals surface area contributed by atoms with Gasteiger partial charge in [0.1, 0.15) is 5.75 Å². The Labute approximate surface area is 340 Å². The van der Waals surface area contributed by atoms with E-state index in [0.717, 1.165) is 22.4 Å². The van der Waals surface area contributed by atoms with E-state index in [4.69, 9.17) is 23.2 Å². The Hall–Kier alpha value is -5.72. The zero-order chi connectivity index (χ0) is 40.8. The van der Waals surface area contributed by atoms with Gasteiger partial charge >= 0.3 is 6.18 Å². The zero-order valence-corrected chi connectivity index (χ0v) is 32.1. The molecule has 3 heterocycles. The molecule has 0 bridgehead atoms. The van der Waals surface area contributed by atoms with Gasteiger partial charge in [-0.05, 0) is 83.5 Å². The van der Waals surface area contributed by atoms with E-state index in [2.05, 4.69) is 10.4 Å². The SMILES string of the molecule is CCc1ccc(N2C(=O)C3CC=C4C(CC5C(=O)N(Nc6ncc(C(F)(F)F)cc6Cl)C(=O)C5(c5ccc(Cl)cc5)C4c4c(O)ccc5ccccc45)C3C2=O)cc1. The number of hydrogen-bond donors (Lipinski definition) is 2. The first-order valence-corrected chi connectivity index (χ1v) is 19.5. The highest BCUT2D eigenvalue weighted by Crippen LogP contribution is 2.65. The van der Waals surface area contributed by atoms with E-state index in [0.29, 0.717) is 45.1 Å². The van der Waals surface area contributed by atoms with Crippen LogP contribution in [0.4, 0.5) is 24.7 Å². The van der Waals surface area contributed by atoms with Gasteiger partial charge in [-0.3, -0.25) is 29.5 Å². The molecule has 58 heavy (non-hydrogen) atoms. The number of allylic oxidation sites excluding steroid dienone is 2. The van der Waals surface area contributed by atoms with Crippen molar-refractivity contribution in [2.24, 2.45) is 23.7 Å². The molecule has 3 fully saturated rings. The van der Waals surface area contributed by atoms with Crippen molar-refractivity contribution in [3.8, 4) is 5.75 Å². The number of fused-ring (bicyclic) bond motifs is 5. The minimum absolute atomic E-state index is 0.0593. The molecule has 5 aromatic rings. The molecule has 9 nitrogen and oxygen atoms in total. The van der Waals surface area contributed by atoms with Gasteiger partial charge in [0.05, 0.1) is 39.4 Å². The fourth-order valence-electron chi connectivity index (χ4n) is 9.82. The molecular weight excluding hydrogens is 792 g/mol. The number of nitrogens with one attached hydrogen (secondary N) is 1. The number of aromatic nitrogens is 1. The first-order chi connectivity index (χ1) is 27.7. The number of nitrogens with zero attached hydrogens (tertiary/aromatic N) is 3. The summed E-state index contributed by atoms with van der Waals surface area (Å²) in [6.07, 6.45) is -1.48. The standard InChI is InChI=1S/C44H33Cl2F3N4O5/c1-2-22-7-14-27(15-8-22)52-39(55)30-17-16-29-31(35(30)41(52)57)20-32-40(56)53(51-38-33(46)19-25(21-50-38)44(47,48)49)42(58)43(32,24-10-12-26(45)13-11-24)37(29)36-28-6-4-3-5-23(28)9-18-34(36)54/h3-16,18-19,21,30-32,35,37,54H,2,17,20H2,1H3,(H,50,51). The number of anilines is 2. The van der Waals surface area contributed by atoms with Crippen LogP contribution in [0.3, 0.4) is 0 Å². The van der Waals surface area contributed by atoms with Crippen LogP contribution in [0.5, 0.6) is 5.75 Å². The highest BCUT2D eigenvalue weighted by Gasteiger charge is 2.71. The molecule has 4 amide bonds. The van der Waals surface area contributed by atoms with Crippen LogP contribution < -0.4 is 10.3 Å². The third-order valence-corrected chi connectivity index (χ3v) is 12.9. The van der Waals surface area contributed by atoms with Crippen molar-refractivity contribution in [2.75, 3.05) is 10.3 Å². The molecule has 9 rings (SSSR count). The normalized spacial score (nSPS) is 25.5. The number of carbonyl (C=O) groups excluding carboxylic acids is 4. The molecule has 4 aromatic carbocycles. The highest BCUT2D eigenvalue weighted by atomic mass is 35.5. The number of phenolic OH excluding ortho intramolecular Hbond substituents is 1. The first kappa shape index (κ1) is 37.8. The second-order valence-electron chi connectivity index (χ2n) is 15.2. The van der Waals surface area contributed by atoms with Crippen LogP contribution in [-0.4, -0.2) is 38.7 Å². The Morgan fingerprint density at radius 1 is 0.897 bits per heavy atom. The molecule has 1 saturated carbocycles. The number of hydrogen-bond acceptors (Lipinski definition) is 7. The van der Waals surface area contributed by atoms with Crippen LogP contribution in [0.2, 0.25) is 10.0 Å². The maximum Gasteiger partial charge on any atom is 0.417 e. The van der Waals surface area contributed by atoms with Crippen LogP contribution in [0.1, 0.15) is 47.9 Å². The molecule has 2 aliphatic carbocycles. The number of alkyl halides is 3. The van der Waals surface area contributed by atoms with Gasteiger partial charge in [0, 0.05) is 22.7 Å². The van der Waals surface area contributed by atoms with Crippen molar-refractivity contribution in [2.45, 2.75) is 43.7 Å². The number of carbonyl (C=O) groups is 4. The smallest absolute Gasteiger partial charge is 0.417 e. The number of imide groups is 2. The number of benzene rings is 4. The predicted octanol–water partition coefficient (Wildman–Crippen LogP) is 9.02. The molecule has 0 radical (unpaired) electrons. The van der Waals surface area contributed by atoms with Crippen LogP contribution in [0, 0.1) is 23.7 Å². The fourth-order valence-corrected chi connectivity index (χ4v) is 10.2. The van der Waals surface area contributed by atoms with Gasteiger partial charge < -0.3 is 5.11 Å². The highest BCUT2D eigenvalue weighted by molar-refractivity contribution is 6.33. The van der Waals surface area contributed by atoms with E-state index in [1.54, 1.807) is 54.6 Å². The first-order valence-electron chi connectivity index (χ1n) is 18.8. The lowest BCUT2D eigenvalue weighted by molar-refractivity contribution is -0.139. The van der Waals surface area contributed by atoms with Gasteiger partial charge in [-0.1, -0.05) is 96.4 Å². The molecule has 0 spiro atoms. The summed E-state index contributed by atoms with van der Waals surface area (Å²) >= 11 is 12.7. The van der Waals surface area contributed by atoms with Gasteiger partial charge in [-0.15, -0.1) is 0 Å². The summed E-state index contributed by atoms with van der Waals surface area (Å²) in [6, 6.07) is 24.8. The predicted molar refractivity (Wildman–Crippen MR) is 211 cm³/mol. The number of halogens is 5. The lowest BCUT2D eigenvalue weighted by atomic mass is 9.48. The second kappa shape index (κ2) is 13.7. The molecule has 2 N–H and O–H groups in total. The summed E-state index contributed by atoms with van der Waals surface area (Å²) in [7, 11) is 0. The van der Waals surface area contributed by atoms with Crippen molar-refractivity contribution in [1.29, 1.82) is 0 Å². The van der Waals surface area contributed by atoms with Gasteiger partial charge in [0.15, 0.2) is 5.82 Å². The Morgan fingerprint density at radius 3 is 2.31 bits per heavy atom. The van der Waals surface area contributed by atoms with Gasteiger partial charge in [-0.25, -0.2) is 4.98 Å². The zero-order valence-electron chi connectivity index (χ0n) is 30.6. The quantitative estimate of drug-likeness (QED) is 0.130. The molecule has 294 valence electrons. The lowest BCUT2D eigenvalue weighted by Crippen LogP contribution is -2.53. The molecule has 6 unspecified atom stereocenters. The molecule has 6 atom stereocenters. The third kappa shape index (κ3) is 5.55. The molecule has 2 saturated heterocycles. The summed E-state index contributed by atoms with van der Waals surface area (Å²) < 4.78 is 40.7. The number of phenols is 1. The molecule has 1 aromatic heterocycles. The van der Waals surface area contributed by atoms with E-state index in [1.165, 1.54) is 11.0 Å². The van der Waals surface area contributed by atoms with Crippen molar-refractivity contribution in [1.82, 2.24) is 9.99 Å². The van der Waals surface area contributed by atoms with Crippen LogP contribution in [-0.2, 0) is 37.2 Å². The van der Waals surface area contributed by atoms with Crippen molar-refractivity contribution in [3.05, 3.63) is 141 Å². The Bertz CT molecular complexity index is 2600. The lowest BCUT2D eigenvalue weighted by Gasteiger charge is -2.51. The average molecular weight is 826 g/mol. The Morgan fingerprint density at radius 2 is 1.62 bits per heavy atom. The fraction of sp³-hybridized carbons (Fsp3) is 0.250. The van der Waals surface area contributed by atoms with Gasteiger partial charge in [-0.2, -0.15) is 18.2 Å². The number of hydrazine groups is 1. The molecule has 2 aliphatic heterocycles. The van der Waals surface area contributed by atoms with E-state index in [1.807, 2.05) is 37.3 Å². The minimum Gasteiger partial charge on any atom is -0.508 e.